The Morgan fingerprint density at radius 1 is 0.370 bits per heavy atom. The van der Waals surface area contributed by atoms with Gasteiger partial charge in [-0.1, -0.05) is 0 Å². The summed E-state index contributed by atoms with van der Waals surface area (Å²) in [6.45, 7) is 89.2. The molecule has 0 radical (unpaired) electrons. The number of benzene rings is 2. The molecule has 0 fully saturated rings. The average molecular weight is 1250 g/mol. The van der Waals surface area contributed by atoms with Crippen molar-refractivity contribution in [2.75, 3.05) is 0 Å². The van der Waals surface area contributed by atoms with Crippen molar-refractivity contribution in [1.82, 2.24) is 0 Å². The van der Waals surface area contributed by atoms with Crippen LogP contribution in [0.2, 0.25) is 157 Å². The topological polar surface area (TPSA) is 26.3 Å². The molecule has 12 heteroatoms. The van der Waals surface area contributed by atoms with Crippen LogP contribution in [0.4, 0.5) is 4.79 Å². The Morgan fingerprint density at radius 2 is 0.575 bits per heavy atom. The van der Waals surface area contributed by atoms with Crippen LogP contribution in [-0.4, -0.2) is 96.3 Å². The summed E-state index contributed by atoms with van der Waals surface area (Å²) in [5.74, 6) is 0. The van der Waals surface area contributed by atoms with Crippen LogP contribution < -0.4 is 8.79 Å². The number of fused-ring (bicyclic) bond motifs is 1. The first-order chi connectivity index (χ1) is 32.3. The molecule has 0 N–H and O–H groups in total. The summed E-state index contributed by atoms with van der Waals surface area (Å²) in [5.41, 5.74) is 9.53. The molecule has 0 amide bonds. The van der Waals surface area contributed by atoms with Gasteiger partial charge in [0.1, 0.15) is 0 Å². The van der Waals surface area contributed by atoms with Gasteiger partial charge in [-0.05, 0) is 0 Å². The van der Waals surface area contributed by atoms with Gasteiger partial charge in [0.05, 0.1) is 0 Å². The minimum absolute atomic E-state index is 0.0194. The first-order valence-corrected chi connectivity index (χ1v) is 66.2. The molecule has 0 aromatic heterocycles. The molecule has 3 aliphatic rings. The van der Waals surface area contributed by atoms with E-state index < -0.39 is 91.5 Å². The fourth-order valence-electron chi connectivity index (χ4n) is 17.4. The summed E-state index contributed by atoms with van der Waals surface area (Å²) in [6.07, 6.45) is 3.90. The second-order valence-corrected chi connectivity index (χ2v) is 93.6. The van der Waals surface area contributed by atoms with Crippen molar-refractivity contribution in [2.24, 2.45) is 0 Å². The van der Waals surface area contributed by atoms with Crippen LogP contribution in [0.5, 0.6) is 0 Å². The molecule has 414 valence electrons. The van der Waals surface area contributed by atoms with E-state index in [0.29, 0.717) is 25.5 Å². The first kappa shape index (κ1) is 65.7. The van der Waals surface area contributed by atoms with Crippen molar-refractivity contribution in [3.8, 4) is 0 Å². The fraction of sp³-hybridized carbons (Fsp3) is 0.721. The Kier molecular flexibility index (Phi) is 18.9. The van der Waals surface area contributed by atoms with Crippen molar-refractivity contribution in [3.63, 3.8) is 0 Å². The normalized spacial score (nSPS) is 20.5. The number of rotatable bonds is 18. The van der Waals surface area contributed by atoms with Gasteiger partial charge in [0, 0.05) is 0 Å². The standard InChI is InChI=1S/C61H118Ge2O2Si8/c1-35-49-51(37-3)63(54-47(57(70(23,24)25)71(26,27)28)41-44(61(8,9)10)42-48(54)58(72(29,30)31)73(32,33)34)52(38-4)50(36-2)62(49,59(64)65-63)53-45(55(66(11,12)13)67(14,15)16)39-43(60(5,6)7)40-46(53)56(68(17,18)19)69(20,21)22/h39-42,55-58H,35-38H2,1-34H3. The SMILES string of the molecule is CC[C]1=[C](CC)[Ge]2([c]3c(C([Si](C)(C)C)[Si](C)(C)C)cc(C(C)(C)C)cc3C([Si](C)(C)C)[Si](C)(C)C)[C](=O)[O][Ge]1([c]1c(C([Si](C)(C)C)[Si](C)(C)C)cc(C(C)(C)C)cc1C([Si](C)(C)C)[Si](C)(C)C)[C](CC)=[C]2CC. The van der Waals surface area contributed by atoms with E-state index in [2.05, 4.69) is 251 Å². The summed E-state index contributed by atoms with van der Waals surface area (Å²) >= 11 is -8.72. The van der Waals surface area contributed by atoms with Crippen LogP contribution in [0.3, 0.4) is 0 Å². The third-order valence-electron chi connectivity index (χ3n) is 17.5. The zero-order valence-electron chi connectivity index (χ0n) is 54.8. The molecule has 2 bridgehead atoms. The molecule has 2 aromatic carbocycles. The Labute approximate surface area is 468 Å². The van der Waals surface area contributed by atoms with Crippen molar-refractivity contribution in [3.05, 3.63) is 75.3 Å². The molecule has 73 heavy (non-hydrogen) atoms. The van der Waals surface area contributed by atoms with E-state index >= 15 is 4.79 Å². The predicted octanol–water partition coefficient (Wildman–Crippen LogP) is 19.3. The molecule has 0 saturated carbocycles. The van der Waals surface area contributed by atoms with E-state index in [-0.39, 0.29) is 10.8 Å². The number of allylic oxidation sites excluding steroid dienone is 4. The summed E-state index contributed by atoms with van der Waals surface area (Å²) in [4.78, 5) is 18.1. The summed E-state index contributed by atoms with van der Waals surface area (Å²) < 4.78 is 18.6. The Hall–Kier alpha value is 0.211. The molecule has 0 saturated heterocycles. The molecular formula is C61H118Ge2O2Si8. The van der Waals surface area contributed by atoms with Crippen molar-refractivity contribution >= 4 is 105 Å². The van der Waals surface area contributed by atoms with Crippen LogP contribution in [0.1, 0.15) is 149 Å². The quantitative estimate of drug-likeness (QED) is 0.139. The van der Waals surface area contributed by atoms with Gasteiger partial charge in [-0.2, -0.15) is 0 Å². The average Bonchev–Trinajstić information content (AvgIpc) is 3.11. The maximum absolute atomic E-state index is 17.7. The fourth-order valence-corrected chi connectivity index (χ4v) is 104. The zero-order chi connectivity index (χ0) is 57.2. The van der Waals surface area contributed by atoms with Crippen LogP contribution in [0, 0.1) is 0 Å². The van der Waals surface area contributed by atoms with Crippen LogP contribution in [-0.2, 0) is 14.6 Å². The van der Waals surface area contributed by atoms with E-state index in [4.69, 9.17) is 3.76 Å². The van der Waals surface area contributed by atoms with Crippen molar-refractivity contribution in [1.29, 1.82) is 0 Å². The van der Waals surface area contributed by atoms with Gasteiger partial charge in [0.2, 0.25) is 0 Å². The number of hydrogen-bond donors (Lipinski definition) is 0. The van der Waals surface area contributed by atoms with E-state index in [0.717, 1.165) is 25.7 Å². The number of carbonyl (C=O) groups excluding carboxylic acids is 1. The summed E-state index contributed by atoms with van der Waals surface area (Å²) in [6, 6.07) is 11.1. The van der Waals surface area contributed by atoms with Gasteiger partial charge in [0.25, 0.3) is 0 Å². The maximum atomic E-state index is 17.7. The van der Waals surface area contributed by atoms with Gasteiger partial charge >= 0.3 is 472 Å². The van der Waals surface area contributed by atoms with Gasteiger partial charge in [-0.15, -0.1) is 0 Å². The van der Waals surface area contributed by atoms with E-state index in [1.165, 1.54) is 11.1 Å². The van der Waals surface area contributed by atoms with E-state index in [1.54, 1.807) is 48.7 Å². The van der Waals surface area contributed by atoms with Gasteiger partial charge < -0.3 is 0 Å². The molecule has 5 rings (SSSR count). The minimum atomic E-state index is -4.39. The molecule has 0 unspecified atom stereocenters. The second-order valence-electron chi connectivity index (χ2n) is 34.4. The van der Waals surface area contributed by atoms with Crippen molar-refractivity contribution < 1.29 is 8.56 Å². The van der Waals surface area contributed by atoms with Crippen LogP contribution in [0.15, 0.2) is 41.9 Å². The molecule has 3 aliphatic heterocycles. The van der Waals surface area contributed by atoms with Crippen LogP contribution in [0.25, 0.3) is 0 Å². The van der Waals surface area contributed by atoms with Gasteiger partial charge in [0.15, 0.2) is 0 Å². The zero-order valence-corrected chi connectivity index (χ0v) is 67.0. The third kappa shape index (κ3) is 12.1. The van der Waals surface area contributed by atoms with Crippen molar-refractivity contribution in [2.45, 2.75) is 284 Å². The number of carbonyl (C=O) groups is 1. The predicted molar refractivity (Wildman–Crippen MR) is 360 cm³/mol. The summed E-state index contributed by atoms with van der Waals surface area (Å²) in [7, 11) is -15.2. The van der Waals surface area contributed by atoms with Crippen LogP contribution >= 0.6 is 0 Å². The molecule has 0 aliphatic carbocycles. The summed E-state index contributed by atoms with van der Waals surface area (Å²) in [5, 5.41) is 2.04. The Morgan fingerprint density at radius 3 is 0.753 bits per heavy atom. The molecule has 2 nitrogen and oxygen atoms in total. The Balaban J connectivity index is 2.72. The molecule has 2 aromatic rings. The Bertz CT molecular complexity index is 2270. The molecule has 0 spiro atoms. The van der Waals surface area contributed by atoms with Gasteiger partial charge in [-0.25, -0.2) is 0 Å². The first-order valence-electron chi connectivity index (χ1n) is 29.4. The van der Waals surface area contributed by atoms with E-state index in [9.17, 15) is 0 Å². The van der Waals surface area contributed by atoms with E-state index in [1.807, 2.05) is 0 Å². The molecule has 3 heterocycles. The monoisotopic (exact) mass is 1250 g/mol. The second kappa shape index (κ2) is 20.9. The van der Waals surface area contributed by atoms with Gasteiger partial charge in [-0.3, -0.25) is 0 Å². The number of hydrogen-bond acceptors (Lipinski definition) is 2. The molecular weight excluding hydrogens is 1130 g/mol. The third-order valence-corrected chi connectivity index (χ3v) is 78.6. The molecule has 0 atom stereocenters.